The predicted molar refractivity (Wildman–Crippen MR) is 180 cm³/mol. The third kappa shape index (κ3) is 4.50. The van der Waals surface area contributed by atoms with Gasteiger partial charge in [-0.2, -0.15) is 0 Å². The van der Waals surface area contributed by atoms with Crippen LogP contribution in [0, 0.1) is 17.8 Å². The summed E-state index contributed by atoms with van der Waals surface area (Å²) < 4.78 is 0. The van der Waals surface area contributed by atoms with Crippen molar-refractivity contribution in [1.82, 2.24) is 0 Å². The Hall–Kier alpha value is -4.94. The van der Waals surface area contributed by atoms with Gasteiger partial charge in [-0.05, 0) is 66.6 Å². The molecule has 0 nitrogen and oxygen atoms in total. The first-order valence-corrected chi connectivity index (χ1v) is 14.9. The van der Waals surface area contributed by atoms with Crippen LogP contribution in [0.25, 0.3) is 27.5 Å². The Morgan fingerprint density at radius 2 is 1.36 bits per heavy atom. The van der Waals surface area contributed by atoms with Gasteiger partial charge in [-0.3, -0.25) is 0 Å². The average Bonchev–Trinajstić information content (AvgIpc) is 3.06. The zero-order chi connectivity index (χ0) is 28.5. The second kappa shape index (κ2) is 11.1. The molecule has 0 saturated heterocycles. The van der Waals surface area contributed by atoms with Crippen molar-refractivity contribution in [3.05, 3.63) is 198 Å². The summed E-state index contributed by atoms with van der Waals surface area (Å²) in [6.45, 7) is 8.15. The molecule has 0 heteroatoms. The van der Waals surface area contributed by atoms with Gasteiger partial charge in [0.05, 0.1) is 0 Å². The lowest BCUT2D eigenvalue weighted by atomic mass is 9.67. The van der Waals surface area contributed by atoms with Gasteiger partial charge in [0.15, 0.2) is 0 Å². The molecule has 3 aliphatic carbocycles. The maximum Gasteiger partial charge on any atom is 0.0137 e. The molecule has 4 aromatic rings. The van der Waals surface area contributed by atoms with Crippen LogP contribution in [0.3, 0.4) is 0 Å². The van der Waals surface area contributed by atoms with Gasteiger partial charge in [-0.25, -0.2) is 0 Å². The van der Waals surface area contributed by atoms with Crippen molar-refractivity contribution in [3.63, 3.8) is 0 Å². The van der Waals surface area contributed by atoms with Crippen molar-refractivity contribution in [2.75, 3.05) is 0 Å². The van der Waals surface area contributed by atoms with E-state index in [-0.39, 0.29) is 17.8 Å². The van der Waals surface area contributed by atoms with E-state index < -0.39 is 0 Å². The summed E-state index contributed by atoms with van der Waals surface area (Å²) in [5.74, 6) is 0.718. The number of hydrogen-bond donors (Lipinski definition) is 0. The van der Waals surface area contributed by atoms with Gasteiger partial charge in [0.25, 0.3) is 0 Å². The van der Waals surface area contributed by atoms with E-state index in [0.717, 1.165) is 6.42 Å². The number of fused-ring (bicyclic) bond motifs is 3. The summed E-state index contributed by atoms with van der Waals surface area (Å²) >= 11 is 0. The minimum absolute atomic E-state index is 0.223. The van der Waals surface area contributed by atoms with Crippen molar-refractivity contribution in [3.8, 4) is 0 Å². The van der Waals surface area contributed by atoms with Crippen molar-refractivity contribution in [1.29, 1.82) is 0 Å². The predicted octanol–water partition coefficient (Wildman–Crippen LogP) is 8.89. The van der Waals surface area contributed by atoms with Crippen LogP contribution in [-0.4, -0.2) is 0 Å². The fourth-order valence-electron chi connectivity index (χ4n) is 7.14. The zero-order valence-electron chi connectivity index (χ0n) is 23.8. The minimum atomic E-state index is 0.223. The molecule has 202 valence electrons. The van der Waals surface area contributed by atoms with Crippen LogP contribution >= 0.6 is 0 Å². The Morgan fingerprint density at radius 1 is 0.690 bits per heavy atom. The Morgan fingerprint density at radius 3 is 2.12 bits per heavy atom. The van der Waals surface area contributed by atoms with E-state index in [1.165, 1.54) is 60.2 Å². The van der Waals surface area contributed by atoms with Gasteiger partial charge in [0.2, 0.25) is 0 Å². The highest BCUT2D eigenvalue weighted by atomic mass is 14.4. The maximum absolute atomic E-state index is 4.16. The minimum Gasteiger partial charge on any atom is -0.0991 e. The molecule has 3 unspecified atom stereocenters. The van der Waals surface area contributed by atoms with Gasteiger partial charge in [-0.1, -0.05) is 165 Å². The molecule has 3 atom stereocenters. The van der Waals surface area contributed by atoms with E-state index in [2.05, 4.69) is 153 Å². The van der Waals surface area contributed by atoms with Gasteiger partial charge < -0.3 is 0 Å². The second-order valence-electron chi connectivity index (χ2n) is 11.3. The van der Waals surface area contributed by atoms with E-state index in [0.29, 0.717) is 0 Å². The Bertz CT molecular complexity index is 1980. The number of hydrogen-bond acceptors (Lipinski definition) is 0. The van der Waals surface area contributed by atoms with Gasteiger partial charge in [0, 0.05) is 17.8 Å². The molecule has 0 aliphatic heterocycles. The molecule has 3 aliphatic rings. The molecule has 0 saturated carbocycles. The summed E-state index contributed by atoms with van der Waals surface area (Å²) in [5, 5.41) is 5.27. The van der Waals surface area contributed by atoms with Gasteiger partial charge in [-0.15, -0.1) is 0 Å². The van der Waals surface area contributed by atoms with Gasteiger partial charge >= 0.3 is 0 Å². The van der Waals surface area contributed by atoms with Crippen LogP contribution in [-0.2, 0) is 0 Å². The topological polar surface area (TPSA) is 0 Å². The van der Waals surface area contributed by atoms with Gasteiger partial charge in [0.1, 0.15) is 0 Å². The SMILES string of the molecule is C=CC=C(C=C)C1C=C(c2ccccc2)C=C(C2=c3ccccc3=C(c3cccc4ccccc34)C3C=CC=CC23)C1. The Kier molecular flexibility index (Phi) is 6.90. The molecule has 0 bridgehead atoms. The fourth-order valence-corrected chi connectivity index (χ4v) is 7.14. The first-order valence-electron chi connectivity index (χ1n) is 14.9. The first-order chi connectivity index (χ1) is 20.8. The van der Waals surface area contributed by atoms with Crippen LogP contribution in [0.5, 0.6) is 0 Å². The summed E-state index contributed by atoms with van der Waals surface area (Å²) in [6, 6.07) is 35.3. The summed E-state index contributed by atoms with van der Waals surface area (Å²) in [6.07, 6.45) is 21.1. The quantitative estimate of drug-likeness (QED) is 0.215. The standard InChI is InChI=1S/C42H34/c1-3-15-29(4-2)32-26-33(30-16-6-5-7-17-30)28-34(27-32)41-37-21-10-12-23-39(37)42(40-24-13-11-22-38(40)41)36-25-14-19-31-18-8-9-20-35(31)36/h3-26,28,32,37,39H,1-2,27H2. The normalized spacial score (nSPS) is 21.3. The molecule has 4 aromatic carbocycles. The lowest BCUT2D eigenvalue weighted by molar-refractivity contribution is 0.670. The lowest BCUT2D eigenvalue weighted by Crippen LogP contribution is -2.40. The van der Waals surface area contributed by atoms with E-state index in [1.54, 1.807) is 0 Å². The summed E-state index contributed by atoms with van der Waals surface area (Å²) in [5.41, 5.74) is 9.29. The van der Waals surface area contributed by atoms with Crippen molar-refractivity contribution in [2.24, 2.45) is 17.8 Å². The van der Waals surface area contributed by atoms with Crippen LogP contribution in [0.15, 0.2) is 176 Å². The molecule has 0 radical (unpaired) electrons. The smallest absolute Gasteiger partial charge is 0.0137 e. The highest BCUT2D eigenvalue weighted by molar-refractivity contribution is 5.96. The van der Waals surface area contributed by atoms with Crippen LogP contribution in [0.2, 0.25) is 0 Å². The van der Waals surface area contributed by atoms with Crippen LogP contribution < -0.4 is 10.4 Å². The van der Waals surface area contributed by atoms with E-state index in [4.69, 9.17) is 0 Å². The lowest BCUT2D eigenvalue weighted by Gasteiger charge is -2.36. The second-order valence-corrected chi connectivity index (χ2v) is 11.3. The number of allylic oxidation sites excluding steroid dienone is 12. The Labute approximate surface area is 248 Å². The molecule has 7 rings (SSSR count). The summed E-state index contributed by atoms with van der Waals surface area (Å²) in [7, 11) is 0. The highest BCUT2D eigenvalue weighted by Gasteiger charge is 2.34. The van der Waals surface area contributed by atoms with E-state index >= 15 is 0 Å². The molecule has 0 N–H and O–H groups in total. The molecule has 0 fully saturated rings. The number of rotatable bonds is 6. The van der Waals surface area contributed by atoms with E-state index in [9.17, 15) is 0 Å². The molecular weight excluding hydrogens is 504 g/mol. The van der Waals surface area contributed by atoms with Crippen molar-refractivity contribution in [2.45, 2.75) is 6.42 Å². The number of benzene rings is 4. The third-order valence-corrected chi connectivity index (χ3v) is 8.97. The zero-order valence-corrected chi connectivity index (χ0v) is 23.8. The molecule has 0 aromatic heterocycles. The fraction of sp³-hybridized carbons (Fsp3) is 0.0952. The average molecular weight is 539 g/mol. The Balaban J connectivity index is 1.53. The molecule has 0 spiro atoms. The molecule has 42 heavy (non-hydrogen) atoms. The molecular formula is C42H34. The monoisotopic (exact) mass is 538 g/mol. The molecule has 0 heterocycles. The van der Waals surface area contributed by atoms with E-state index in [1.807, 2.05) is 12.2 Å². The highest BCUT2D eigenvalue weighted by Crippen LogP contribution is 2.45. The van der Waals surface area contributed by atoms with Crippen LogP contribution in [0.4, 0.5) is 0 Å². The molecule has 0 amide bonds. The summed E-state index contributed by atoms with van der Waals surface area (Å²) in [4.78, 5) is 0. The third-order valence-electron chi connectivity index (χ3n) is 8.97. The first kappa shape index (κ1) is 26.0. The van der Waals surface area contributed by atoms with Crippen molar-refractivity contribution < 1.29 is 0 Å². The van der Waals surface area contributed by atoms with Crippen LogP contribution in [0.1, 0.15) is 17.5 Å². The maximum atomic E-state index is 4.16. The van der Waals surface area contributed by atoms with Crippen molar-refractivity contribution >= 4 is 27.5 Å². The largest absolute Gasteiger partial charge is 0.0991 e.